The number of benzene rings is 2. The first-order chi connectivity index (χ1) is 12.1. The normalized spacial score (nSPS) is 18.9. The first kappa shape index (κ1) is 15.7. The molecular formula is C19H19N2O4+. The van der Waals surface area contributed by atoms with Crippen LogP contribution in [0, 0.1) is 6.92 Å². The topological polar surface area (TPSA) is 72.5 Å². The van der Waals surface area contributed by atoms with E-state index in [0.717, 1.165) is 22.6 Å². The van der Waals surface area contributed by atoms with Crippen molar-refractivity contribution < 1.29 is 24.4 Å². The van der Waals surface area contributed by atoms with Crippen molar-refractivity contribution >= 4 is 17.5 Å². The van der Waals surface area contributed by atoms with Crippen LogP contribution in [0.5, 0.6) is 11.5 Å². The standard InChI is InChI=1S/C19H18N2O4/c1-12-2-5-14(6-3-12)21-18(22)9-15(19(21)23)20-10-13-4-7-16-17(8-13)25-11-24-16/h2-8,15,20H,9-11H2,1H3/p+1/t15-/m1/s1. The minimum absolute atomic E-state index is 0.152. The Hall–Kier alpha value is -2.86. The summed E-state index contributed by atoms with van der Waals surface area (Å²) in [6.45, 7) is 2.81. The highest BCUT2D eigenvalue weighted by molar-refractivity contribution is 6.21. The number of rotatable bonds is 4. The average Bonchev–Trinajstić information content (AvgIpc) is 3.18. The van der Waals surface area contributed by atoms with Crippen molar-refractivity contribution in [3.05, 3.63) is 53.6 Å². The number of amides is 2. The van der Waals surface area contributed by atoms with Gasteiger partial charge in [0, 0.05) is 5.56 Å². The Morgan fingerprint density at radius 3 is 2.64 bits per heavy atom. The molecule has 6 nitrogen and oxygen atoms in total. The molecule has 4 rings (SSSR count). The molecule has 0 aromatic heterocycles. The Balaban J connectivity index is 1.44. The predicted octanol–water partition coefficient (Wildman–Crippen LogP) is 1.12. The molecule has 1 fully saturated rings. The third-order valence-electron chi connectivity index (χ3n) is 4.55. The number of imide groups is 1. The van der Waals surface area contributed by atoms with Crippen molar-refractivity contribution in [3.8, 4) is 11.5 Å². The van der Waals surface area contributed by atoms with E-state index >= 15 is 0 Å². The maximum absolute atomic E-state index is 12.6. The van der Waals surface area contributed by atoms with Crippen molar-refractivity contribution in [2.24, 2.45) is 0 Å². The lowest BCUT2D eigenvalue weighted by atomic mass is 10.1. The van der Waals surface area contributed by atoms with Gasteiger partial charge in [-0.2, -0.15) is 0 Å². The zero-order chi connectivity index (χ0) is 17.4. The monoisotopic (exact) mass is 339 g/mol. The second-order valence-corrected chi connectivity index (χ2v) is 6.34. The minimum atomic E-state index is -0.390. The van der Waals surface area contributed by atoms with E-state index in [2.05, 4.69) is 0 Å². The number of anilines is 1. The van der Waals surface area contributed by atoms with Gasteiger partial charge in [-0.1, -0.05) is 17.7 Å². The van der Waals surface area contributed by atoms with E-state index in [9.17, 15) is 9.59 Å². The second-order valence-electron chi connectivity index (χ2n) is 6.34. The Morgan fingerprint density at radius 1 is 1.08 bits per heavy atom. The van der Waals surface area contributed by atoms with Crippen LogP contribution in [0.2, 0.25) is 0 Å². The molecule has 2 aromatic rings. The van der Waals surface area contributed by atoms with Gasteiger partial charge in [0.2, 0.25) is 12.7 Å². The summed E-state index contributed by atoms with van der Waals surface area (Å²) in [5.41, 5.74) is 2.76. The van der Waals surface area contributed by atoms with Crippen molar-refractivity contribution in [3.63, 3.8) is 0 Å². The third-order valence-corrected chi connectivity index (χ3v) is 4.55. The number of hydrogen-bond donors (Lipinski definition) is 1. The molecule has 0 aliphatic carbocycles. The molecule has 1 saturated heterocycles. The molecular weight excluding hydrogens is 320 g/mol. The van der Waals surface area contributed by atoms with Crippen molar-refractivity contribution in [2.75, 3.05) is 11.7 Å². The van der Waals surface area contributed by atoms with Gasteiger partial charge in [0.05, 0.1) is 12.1 Å². The summed E-state index contributed by atoms with van der Waals surface area (Å²) in [5.74, 6) is 1.15. The van der Waals surface area contributed by atoms with E-state index in [0.29, 0.717) is 12.2 Å². The number of aryl methyl sites for hydroxylation is 1. The Labute approximate surface area is 145 Å². The van der Waals surface area contributed by atoms with Gasteiger partial charge in [0.15, 0.2) is 17.5 Å². The second kappa shape index (κ2) is 6.22. The van der Waals surface area contributed by atoms with Crippen LogP contribution in [0.1, 0.15) is 17.5 Å². The molecule has 2 aromatic carbocycles. The van der Waals surface area contributed by atoms with Crippen molar-refractivity contribution in [2.45, 2.75) is 25.9 Å². The number of carbonyl (C=O) groups is 2. The van der Waals surface area contributed by atoms with Gasteiger partial charge in [-0.05, 0) is 37.3 Å². The Morgan fingerprint density at radius 2 is 1.84 bits per heavy atom. The predicted molar refractivity (Wildman–Crippen MR) is 90.3 cm³/mol. The highest BCUT2D eigenvalue weighted by Gasteiger charge is 2.42. The van der Waals surface area contributed by atoms with E-state index in [1.165, 1.54) is 4.90 Å². The highest BCUT2D eigenvalue weighted by Crippen LogP contribution is 2.32. The fraction of sp³-hybridized carbons (Fsp3) is 0.263. The SMILES string of the molecule is Cc1ccc(N2C(=O)C[C@@H]([NH2+]Cc3ccc4c(c3)OCO4)C2=O)cc1. The summed E-state index contributed by atoms with van der Waals surface area (Å²) >= 11 is 0. The van der Waals surface area contributed by atoms with Gasteiger partial charge < -0.3 is 14.8 Å². The largest absolute Gasteiger partial charge is 0.454 e. The van der Waals surface area contributed by atoms with Gasteiger partial charge in [0.1, 0.15) is 6.54 Å². The molecule has 6 heteroatoms. The van der Waals surface area contributed by atoms with Crippen molar-refractivity contribution in [1.82, 2.24) is 0 Å². The number of carbonyl (C=O) groups excluding carboxylic acids is 2. The van der Waals surface area contributed by atoms with Gasteiger partial charge >= 0.3 is 0 Å². The van der Waals surface area contributed by atoms with Crippen LogP contribution >= 0.6 is 0 Å². The molecule has 2 heterocycles. The summed E-state index contributed by atoms with van der Waals surface area (Å²) in [6.07, 6.45) is 0.220. The first-order valence-electron chi connectivity index (χ1n) is 8.27. The van der Waals surface area contributed by atoms with Crippen LogP contribution in [-0.2, 0) is 16.1 Å². The molecule has 25 heavy (non-hydrogen) atoms. The summed E-state index contributed by atoms with van der Waals surface area (Å²) in [5, 5.41) is 1.91. The summed E-state index contributed by atoms with van der Waals surface area (Å²) in [6, 6.07) is 12.8. The molecule has 2 aliphatic heterocycles. The van der Waals surface area contributed by atoms with Crippen LogP contribution in [0.4, 0.5) is 5.69 Å². The molecule has 2 N–H and O–H groups in total. The third kappa shape index (κ3) is 2.96. The molecule has 0 spiro atoms. The van der Waals surface area contributed by atoms with Crippen LogP contribution in [0.3, 0.4) is 0 Å². The zero-order valence-corrected chi connectivity index (χ0v) is 13.9. The van der Waals surface area contributed by atoms with Gasteiger partial charge in [-0.15, -0.1) is 0 Å². The zero-order valence-electron chi connectivity index (χ0n) is 13.9. The van der Waals surface area contributed by atoms with Crippen LogP contribution in [0.25, 0.3) is 0 Å². The number of nitrogens with zero attached hydrogens (tertiary/aromatic N) is 1. The van der Waals surface area contributed by atoms with E-state index in [4.69, 9.17) is 9.47 Å². The molecule has 2 aliphatic rings. The van der Waals surface area contributed by atoms with Crippen LogP contribution < -0.4 is 19.7 Å². The lowest BCUT2D eigenvalue weighted by molar-refractivity contribution is -0.690. The molecule has 128 valence electrons. The average molecular weight is 339 g/mol. The highest BCUT2D eigenvalue weighted by atomic mass is 16.7. The number of fused-ring (bicyclic) bond motifs is 1. The molecule has 0 unspecified atom stereocenters. The van der Waals surface area contributed by atoms with Crippen molar-refractivity contribution in [1.29, 1.82) is 0 Å². The van der Waals surface area contributed by atoms with Gasteiger partial charge in [-0.3, -0.25) is 9.59 Å². The number of ether oxygens (including phenoxy) is 2. The number of hydrogen-bond acceptors (Lipinski definition) is 4. The van der Waals surface area contributed by atoms with Gasteiger partial charge in [0.25, 0.3) is 5.91 Å². The molecule has 1 atom stereocenters. The molecule has 0 radical (unpaired) electrons. The van der Waals surface area contributed by atoms with Crippen LogP contribution in [0.15, 0.2) is 42.5 Å². The smallest absolute Gasteiger partial charge is 0.292 e. The van der Waals surface area contributed by atoms with Crippen LogP contribution in [-0.4, -0.2) is 24.6 Å². The van der Waals surface area contributed by atoms with E-state index < -0.39 is 0 Å². The number of nitrogens with two attached hydrogens (primary N) is 1. The summed E-state index contributed by atoms with van der Waals surface area (Å²) < 4.78 is 10.7. The molecule has 2 amide bonds. The maximum Gasteiger partial charge on any atom is 0.292 e. The lowest BCUT2D eigenvalue weighted by Gasteiger charge is -2.14. The Bertz CT molecular complexity index is 832. The Kier molecular flexibility index (Phi) is 3.89. The minimum Gasteiger partial charge on any atom is -0.454 e. The van der Waals surface area contributed by atoms with E-state index in [-0.39, 0.29) is 31.1 Å². The fourth-order valence-electron chi connectivity index (χ4n) is 3.15. The number of quaternary nitrogens is 1. The summed E-state index contributed by atoms with van der Waals surface area (Å²) in [7, 11) is 0. The quantitative estimate of drug-likeness (QED) is 0.848. The maximum atomic E-state index is 12.6. The van der Waals surface area contributed by atoms with E-state index in [1.807, 2.05) is 54.7 Å². The summed E-state index contributed by atoms with van der Waals surface area (Å²) in [4.78, 5) is 26.2. The molecule has 0 saturated carbocycles. The lowest BCUT2D eigenvalue weighted by Crippen LogP contribution is -2.90. The molecule has 0 bridgehead atoms. The van der Waals surface area contributed by atoms with Gasteiger partial charge in [-0.25, -0.2) is 4.90 Å². The van der Waals surface area contributed by atoms with E-state index in [1.54, 1.807) is 0 Å². The fourth-order valence-corrected chi connectivity index (χ4v) is 3.15. The first-order valence-corrected chi connectivity index (χ1v) is 8.27.